The number of rotatable bonds is 3. The Hall–Kier alpha value is -3.77. The molecule has 0 radical (unpaired) electrons. The molecule has 1 fully saturated rings. The van der Waals surface area contributed by atoms with Crippen LogP contribution in [0.4, 0.5) is 5.82 Å². The summed E-state index contributed by atoms with van der Waals surface area (Å²) >= 11 is 1.58. The topological polar surface area (TPSA) is 49.3 Å². The molecule has 1 aliphatic heterocycles. The summed E-state index contributed by atoms with van der Waals surface area (Å²) in [4.78, 5) is 28.4. The standard InChI is InChI=1S/C28H24N4OS/c33-28(25-19-21-11-4-7-14-24(21)34-25)32-16-8-15-31(17-18-32)27-26(20-9-2-1-3-10-20)29-22-12-5-6-13-23(22)30-27/h1-7,9-14,19H,8,15-18H2. The Labute approximate surface area is 202 Å². The van der Waals surface area contributed by atoms with E-state index >= 15 is 0 Å². The molecule has 2 aromatic heterocycles. The molecule has 1 aliphatic rings. The van der Waals surface area contributed by atoms with Gasteiger partial charge in [-0.1, -0.05) is 60.7 Å². The first-order valence-corrected chi connectivity index (χ1v) is 12.4. The van der Waals surface area contributed by atoms with Gasteiger partial charge in [-0.15, -0.1) is 11.3 Å². The van der Waals surface area contributed by atoms with Crippen LogP contribution >= 0.6 is 11.3 Å². The molecule has 0 bridgehead atoms. The van der Waals surface area contributed by atoms with Gasteiger partial charge in [-0.3, -0.25) is 4.79 Å². The molecule has 1 amide bonds. The van der Waals surface area contributed by atoms with Gasteiger partial charge < -0.3 is 9.80 Å². The van der Waals surface area contributed by atoms with Crippen molar-refractivity contribution >= 4 is 44.2 Å². The second-order valence-electron chi connectivity index (χ2n) is 8.53. The summed E-state index contributed by atoms with van der Waals surface area (Å²) in [6.45, 7) is 2.97. The molecule has 0 aliphatic carbocycles. The number of hydrogen-bond acceptors (Lipinski definition) is 5. The minimum Gasteiger partial charge on any atom is -0.353 e. The van der Waals surface area contributed by atoms with E-state index in [1.807, 2.05) is 65.6 Å². The lowest BCUT2D eigenvalue weighted by Gasteiger charge is -2.24. The van der Waals surface area contributed by atoms with Gasteiger partial charge in [-0.05, 0) is 36.1 Å². The van der Waals surface area contributed by atoms with E-state index in [1.165, 1.54) is 0 Å². The quantitative estimate of drug-likeness (QED) is 0.335. The maximum atomic E-state index is 13.3. The Morgan fingerprint density at radius 3 is 2.32 bits per heavy atom. The van der Waals surface area contributed by atoms with E-state index in [0.717, 1.165) is 69.1 Å². The molecular weight excluding hydrogens is 440 g/mol. The minimum atomic E-state index is 0.121. The molecular formula is C28H24N4OS. The van der Waals surface area contributed by atoms with E-state index in [2.05, 4.69) is 29.2 Å². The Morgan fingerprint density at radius 2 is 1.50 bits per heavy atom. The van der Waals surface area contributed by atoms with Crippen LogP contribution < -0.4 is 4.90 Å². The highest BCUT2D eigenvalue weighted by molar-refractivity contribution is 7.20. The Morgan fingerprint density at radius 1 is 0.765 bits per heavy atom. The van der Waals surface area contributed by atoms with Gasteiger partial charge in [0.1, 0.15) is 5.69 Å². The average Bonchev–Trinajstić information content (AvgIpc) is 3.18. The Kier molecular flexibility index (Phi) is 5.43. The first kappa shape index (κ1) is 20.8. The number of benzene rings is 3. The highest BCUT2D eigenvalue weighted by Gasteiger charge is 2.24. The van der Waals surface area contributed by atoms with Crippen molar-refractivity contribution in [3.05, 3.63) is 89.8 Å². The van der Waals surface area contributed by atoms with Crippen LogP contribution in [0.25, 0.3) is 32.4 Å². The average molecular weight is 465 g/mol. The molecule has 5 nitrogen and oxygen atoms in total. The number of thiophene rings is 1. The largest absolute Gasteiger partial charge is 0.353 e. The number of aromatic nitrogens is 2. The van der Waals surface area contributed by atoms with Gasteiger partial charge in [-0.2, -0.15) is 0 Å². The number of para-hydroxylation sites is 2. The zero-order valence-electron chi connectivity index (χ0n) is 18.7. The van der Waals surface area contributed by atoms with Crippen molar-refractivity contribution in [2.75, 3.05) is 31.1 Å². The molecule has 6 rings (SSSR count). The summed E-state index contributed by atoms with van der Waals surface area (Å²) in [6, 6.07) is 28.4. The van der Waals surface area contributed by atoms with Gasteiger partial charge in [0.15, 0.2) is 5.82 Å². The van der Waals surface area contributed by atoms with Crippen molar-refractivity contribution in [2.24, 2.45) is 0 Å². The summed E-state index contributed by atoms with van der Waals surface area (Å²) in [5.41, 5.74) is 3.72. The smallest absolute Gasteiger partial charge is 0.264 e. The van der Waals surface area contributed by atoms with Crippen molar-refractivity contribution in [3.63, 3.8) is 0 Å². The highest BCUT2D eigenvalue weighted by atomic mass is 32.1. The third-order valence-corrected chi connectivity index (χ3v) is 7.42. The van der Waals surface area contributed by atoms with Crippen LogP contribution in [0.3, 0.4) is 0 Å². The zero-order valence-corrected chi connectivity index (χ0v) is 19.5. The molecule has 0 atom stereocenters. The summed E-state index contributed by atoms with van der Waals surface area (Å²) in [6.07, 6.45) is 0.888. The first-order valence-electron chi connectivity index (χ1n) is 11.6. The van der Waals surface area contributed by atoms with Crippen molar-refractivity contribution in [1.82, 2.24) is 14.9 Å². The zero-order chi connectivity index (χ0) is 22.9. The van der Waals surface area contributed by atoms with Gasteiger partial charge in [0.2, 0.25) is 0 Å². The van der Waals surface area contributed by atoms with Crippen LogP contribution in [-0.2, 0) is 0 Å². The van der Waals surface area contributed by atoms with Gasteiger partial charge in [-0.25, -0.2) is 9.97 Å². The number of carbonyl (C=O) groups excluding carboxylic acids is 1. The summed E-state index contributed by atoms with van der Waals surface area (Å²) in [5.74, 6) is 1.01. The van der Waals surface area contributed by atoms with E-state index in [9.17, 15) is 4.79 Å². The normalized spacial score (nSPS) is 14.5. The molecule has 1 saturated heterocycles. The van der Waals surface area contributed by atoms with Crippen LogP contribution in [0.15, 0.2) is 84.9 Å². The van der Waals surface area contributed by atoms with Gasteiger partial charge in [0, 0.05) is 36.4 Å². The second-order valence-corrected chi connectivity index (χ2v) is 9.62. The first-order chi connectivity index (χ1) is 16.8. The molecule has 0 unspecified atom stereocenters. The third kappa shape index (κ3) is 3.90. The maximum Gasteiger partial charge on any atom is 0.264 e. The monoisotopic (exact) mass is 464 g/mol. The van der Waals surface area contributed by atoms with E-state index < -0.39 is 0 Å². The molecule has 168 valence electrons. The number of nitrogens with zero attached hydrogens (tertiary/aromatic N) is 4. The Balaban J connectivity index is 1.30. The molecule has 34 heavy (non-hydrogen) atoms. The van der Waals surface area contributed by atoms with Crippen LogP contribution in [0.2, 0.25) is 0 Å². The third-order valence-electron chi connectivity index (χ3n) is 6.32. The van der Waals surface area contributed by atoms with Crippen LogP contribution in [0.5, 0.6) is 0 Å². The summed E-state index contributed by atoms with van der Waals surface area (Å²) < 4.78 is 1.15. The number of amides is 1. The fourth-order valence-electron chi connectivity index (χ4n) is 4.58. The van der Waals surface area contributed by atoms with E-state index in [-0.39, 0.29) is 5.91 Å². The van der Waals surface area contributed by atoms with Crippen molar-refractivity contribution in [3.8, 4) is 11.3 Å². The van der Waals surface area contributed by atoms with Crippen molar-refractivity contribution in [2.45, 2.75) is 6.42 Å². The second kappa shape index (κ2) is 8.88. The van der Waals surface area contributed by atoms with E-state index in [0.29, 0.717) is 6.54 Å². The van der Waals surface area contributed by atoms with E-state index in [4.69, 9.17) is 9.97 Å². The van der Waals surface area contributed by atoms with Crippen molar-refractivity contribution in [1.29, 1.82) is 0 Å². The maximum absolute atomic E-state index is 13.3. The molecule has 5 aromatic rings. The Bertz CT molecular complexity index is 1450. The predicted octanol–water partition coefficient (Wildman–Crippen LogP) is 5.86. The fraction of sp³-hybridized carbons (Fsp3) is 0.179. The molecule has 3 aromatic carbocycles. The molecule has 3 heterocycles. The molecule has 0 N–H and O–H groups in total. The number of hydrogen-bond donors (Lipinski definition) is 0. The fourth-order valence-corrected chi connectivity index (χ4v) is 5.61. The van der Waals surface area contributed by atoms with Gasteiger partial charge >= 0.3 is 0 Å². The number of fused-ring (bicyclic) bond motifs is 2. The molecule has 0 saturated carbocycles. The minimum absolute atomic E-state index is 0.121. The van der Waals surface area contributed by atoms with Gasteiger partial charge in [0.25, 0.3) is 5.91 Å². The lowest BCUT2D eigenvalue weighted by atomic mass is 10.1. The number of anilines is 1. The van der Waals surface area contributed by atoms with Gasteiger partial charge in [0.05, 0.1) is 15.9 Å². The van der Waals surface area contributed by atoms with E-state index in [1.54, 1.807) is 11.3 Å². The van der Waals surface area contributed by atoms with Crippen LogP contribution in [-0.4, -0.2) is 47.0 Å². The lowest BCUT2D eigenvalue weighted by molar-refractivity contribution is 0.0772. The predicted molar refractivity (Wildman–Crippen MR) is 140 cm³/mol. The highest BCUT2D eigenvalue weighted by Crippen LogP contribution is 2.31. The van der Waals surface area contributed by atoms with Crippen molar-refractivity contribution < 1.29 is 4.79 Å². The van der Waals surface area contributed by atoms with Crippen LogP contribution in [0, 0.1) is 0 Å². The molecule has 0 spiro atoms. The SMILES string of the molecule is O=C(c1cc2ccccc2s1)N1CCCN(c2nc3ccccc3nc2-c2ccccc2)CC1. The number of carbonyl (C=O) groups is 1. The summed E-state index contributed by atoms with van der Waals surface area (Å²) in [5, 5.41) is 1.13. The molecule has 6 heteroatoms. The van der Waals surface area contributed by atoms with Crippen LogP contribution in [0.1, 0.15) is 16.1 Å². The lowest BCUT2D eigenvalue weighted by Crippen LogP contribution is -2.35. The summed E-state index contributed by atoms with van der Waals surface area (Å²) in [7, 11) is 0.